The standard InChI is InChI=1S/C23H19ClF2N2O5S2/c24-17-9-19(33-14-10-23(25,26)11-14)18(8-16(17)20-5-6-27-34-20)28-35(31,32)21-7-13(22(29)30)3-4-15(21)12-1-2-12/h3-9,12,14,28H,1-2,10-11H2,(H,29,30). The first-order valence-corrected chi connectivity index (χ1v) is 13.3. The zero-order valence-electron chi connectivity index (χ0n) is 18.0. The van der Waals surface area contributed by atoms with Crippen LogP contribution in [0, 0.1) is 0 Å². The summed E-state index contributed by atoms with van der Waals surface area (Å²) in [5.74, 6) is -4.05. The number of sulfonamides is 1. The Balaban J connectivity index is 1.56. The Bertz CT molecular complexity index is 1400. The Labute approximate surface area is 208 Å². The highest BCUT2D eigenvalue weighted by molar-refractivity contribution is 7.92. The van der Waals surface area contributed by atoms with Crippen LogP contribution in [-0.4, -0.2) is 35.9 Å². The first kappa shape index (κ1) is 24.0. The smallest absolute Gasteiger partial charge is 0.335 e. The molecule has 0 radical (unpaired) electrons. The quantitative estimate of drug-likeness (QED) is 0.362. The van der Waals surface area contributed by atoms with Crippen molar-refractivity contribution >= 4 is 44.8 Å². The highest BCUT2D eigenvalue weighted by Crippen LogP contribution is 2.46. The van der Waals surface area contributed by atoms with Crippen LogP contribution in [0.2, 0.25) is 5.02 Å². The van der Waals surface area contributed by atoms with E-state index in [0.717, 1.165) is 30.4 Å². The zero-order valence-corrected chi connectivity index (χ0v) is 20.4. The first-order chi connectivity index (χ1) is 16.5. The molecule has 0 saturated heterocycles. The molecule has 2 fully saturated rings. The van der Waals surface area contributed by atoms with E-state index in [9.17, 15) is 27.1 Å². The number of hydrogen-bond acceptors (Lipinski definition) is 6. The highest BCUT2D eigenvalue weighted by atomic mass is 35.5. The number of rotatable bonds is 8. The molecule has 2 aromatic carbocycles. The summed E-state index contributed by atoms with van der Waals surface area (Å²) in [5, 5.41) is 9.63. The van der Waals surface area contributed by atoms with Gasteiger partial charge >= 0.3 is 5.97 Å². The van der Waals surface area contributed by atoms with Crippen molar-refractivity contribution in [3.8, 4) is 16.2 Å². The number of nitrogens with zero attached hydrogens (tertiary/aromatic N) is 1. The normalized spacial score (nSPS) is 17.6. The topological polar surface area (TPSA) is 106 Å². The van der Waals surface area contributed by atoms with Gasteiger partial charge in [-0.3, -0.25) is 4.72 Å². The molecular formula is C23H19ClF2N2O5S2. The number of ether oxygens (including phenoxy) is 1. The SMILES string of the molecule is O=C(O)c1ccc(C2CC2)c(S(=O)(=O)Nc2cc(-c3ccns3)c(Cl)cc2OC2CC(F)(F)C2)c1. The maximum Gasteiger partial charge on any atom is 0.335 e. The van der Waals surface area contributed by atoms with Gasteiger partial charge in [-0.25, -0.2) is 26.4 Å². The van der Waals surface area contributed by atoms with E-state index >= 15 is 0 Å². The van der Waals surface area contributed by atoms with Gasteiger partial charge in [-0.05, 0) is 60.1 Å². The molecule has 0 bridgehead atoms. The predicted molar refractivity (Wildman–Crippen MR) is 127 cm³/mol. The molecule has 2 N–H and O–H groups in total. The van der Waals surface area contributed by atoms with Crippen LogP contribution in [0.3, 0.4) is 0 Å². The zero-order chi connectivity index (χ0) is 25.0. The number of carboxylic acids is 1. The van der Waals surface area contributed by atoms with Crippen molar-refractivity contribution in [2.45, 2.75) is 48.5 Å². The molecule has 5 rings (SSSR count). The van der Waals surface area contributed by atoms with Crippen molar-refractivity contribution in [1.29, 1.82) is 0 Å². The summed E-state index contributed by atoms with van der Waals surface area (Å²) in [6.07, 6.45) is 1.40. The van der Waals surface area contributed by atoms with E-state index in [2.05, 4.69) is 9.10 Å². The van der Waals surface area contributed by atoms with E-state index in [1.165, 1.54) is 24.3 Å². The number of carbonyl (C=O) groups is 1. The van der Waals surface area contributed by atoms with Crippen molar-refractivity contribution in [3.05, 3.63) is 58.7 Å². The molecule has 3 aromatic rings. The van der Waals surface area contributed by atoms with Crippen molar-refractivity contribution in [1.82, 2.24) is 4.37 Å². The van der Waals surface area contributed by atoms with Crippen molar-refractivity contribution in [3.63, 3.8) is 0 Å². The Morgan fingerprint density at radius 2 is 1.94 bits per heavy atom. The summed E-state index contributed by atoms with van der Waals surface area (Å²) < 4.78 is 66.0. The fourth-order valence-corrected chi connectivity index (χ4v) is 6.30. The van der Waals surface area contributed by atoms with Crippen LogP contribution in [0.25, 0.3) is 10.4 Å². The van der Waals surface area contributed by atoms with Crippen molar-refractivity contribution < 1.29 is 31.8 Å². The maximum atomic E-state index is 13.5. The molecule has 0 unspecified atom stereocenters. The molecule has 2 saturated carbocycles. The van der Waals surface area contributed by atoms with E-state index < -0.39 is 40.9 Å². The van der Waals surface area contributed by atoms with E-state index in [1.54, 1.807) is 12.3 Å². The average molecular weight is 541 g/mol. The van der Waals surface area contributed by atoms with Crippen molar-refractivity contribution in [2.24, 2.45) is 0 Å². The molecule has 2 aliphatic carbocycles. The number of aromatic nitrogens is 1. The molecule has 0 aliphatic heterocycles. The minimum absolute atomic E-state index is 0.00898. The predicted octanol–water partition coefficient (Wildman–Crippen LogP) is 6.02. The summed E-state index contributed by atoms with van der Waals surface area (Å²) in [5.41, 5.74) is 0.861. The Kier molecular flexibility index (Phi) is 5.97. The molecule has 0 atom stereocenters. The number of anilines is 1. The van der Waals surface area contributed by atoms with Crippen LogP contribution >= 0.6 is 23.1 Å². The number of hydrogen-bond donors (Lipinski definition) is 2. The molecule has 35 heavy (non-hydrogen) atoms. The lowest BCUT2D eigenvalue weighted by atomic mass is 9.91. The molecule has 12 heteroatoms. The van der Waals surface area contributed by atoms with Crippen LogP contribution in [-0.2, 0) is 10.0 Å². The van der Waals surface area contributed by atoms with Crippen LogP contribution in [0.15, 0.2) is 47.5 Å². The number of carboxylic acid groups (broad SMARTS) is 1. The summed E-state index contributed by atoms with van der Waals surface area (Å²) in [4.78, 5) is 12.0. The first-order valence-electron chi connectivity index (χ1n) is 10.7. The van der Waals surface area contributed by atoms with Gasteiger partial charge in [0.1, 0.15) is 11.9 Å². The number of nitrogens with one attached hydrogen (secondary N) is 1. The van der Waals surface area contributed by atoms with Gasteiger partial charge < -0.3 is 9.84 Å². The lowest BCUT2D eigenvalue weighted by molar-refractivity contribution is -0.134. The third-order valence-corrected chi connectivity index (χ3v) is 8.44. The van der Waals surface area contributed by atoms with Gasteiger partial charge in [-0.15, -0.1) is 0 Å². The van der Waals surface area contributed by atoms with Gasteiger partial charge in [0.15, 0.2) is 0 Å². The summed E-state index contributed by atoms with van der Waals surface area (Å²) >= 11 is 7.57. The highest BCUT2D eigenvalue weighted by Gasteiger charge is 2.47. The average Bonchev–Trinajstić information content (AvgIpc) is 3.47. The van der Waals surface area contributed by atoms with Crippen LogP contribution < -0.4 is 9.46 Å². The molecule has 1 aromatic heterocycles. The Morgan fingerprint density at radius 1 is 1.20 bits per heavy atom. The summed E-state index contributed by atoms with van der Waals surface area (Å²) in [6.45, 7) is 0. The monoisotopic (exact) mass is 540 g/mol. The molecule has 184 valence electrons. The van der Waals surface area contributed by atoms with Crippen LogP contribution in [0.5, 0.6) is 5.75 Å². The molecule has 1 heterocycles. The number of halogens is 3. The van der Waals surface area contributed by atoms with E-state index in [4.69, 9.17) is 16.3 Å². The van der Waals surface area contributed by atoms with Gasteiger partial charge in [-0.1, -0.05) is 17.7 Å². The number of aromatic carboxylic acids is 1. The largest absolute Gasteiger partial charge is 0.488 e. The third-order valence-electron chi connectivity index (χ3n) is 5.93. The van der Waals surface area contributed by atoms with Gasteiger partial charge in [0.2, 0.25) is 0 Å². The van der Waals surface area contributed by atoms with Crippen LogP contribution in [0.1, 0.15) is 47.5 Å². The van der Waals surface area contributed by atoms with Gasteiger partial charge in [0, 0.05) is 30.7 Å². The summed E-state index contributed by atoms with van der Waals surface area (Å²) in [6, 6.07) is 8.60. The third kappa shape index (κ3) is 4.98. The summed E-state index contributed by atoms with van der Waals surface area (Å²) in [7, 11) is -4.27. The van der Waals surface area contributed by atoms with Crippen LogP contribution in [0.4, 0.5) is 14.5 Å². The van der Waals surface area contributed by atoms with Gasteiger partial charge in [-0.2, -0.15) is 0 Å². The van der Waals surface area contributed by atoms with Crippen molar-refractivity contribution in [2.75, 3.05) is 4.72 Å². The fourth-order valence-electron chi connectivity index (χ4n) is 3.98. The lowest BCUT2D eigenvalue weighted by Crippen LogP contribution is -2.43. The van der Waals surface area contributed by atoms with E-state index in [1.807, 2.05) is 0 Å². The minimum atomic E-state index is -4.27. The fraction of sp³-hybridized carbons (Fsp3) is 0.304. The molecule has 7 nitrogen and oxygen atoms in total. The van der Waals surface area contributed by atoms with E-state index in [-0.39, 0.29) is 32.8 Å². The molecule has 0 amide bonds. The number of benzene rings is 2. The molecular weight excluding hydrogens is 522 g/mol. The molecule has 0 spiro atoms. The Hall–Kier alpha value is -2.76. The minimum Gasteiger partial charge on any atom is -0.488 e. The Morgan fingerprint density at radius 3 is 2.54 bits per heavy atom. The number of alkyl halides is 2. The second kappa shape index (κ2) is 8.72. The molecule has 2 aliphatic rings. The van der Waals surface area contributed by atoms with Gasteiger partial charge in [0.25, 0.3) is 15.9 Å². The lowest BCUT2D eigenvalue weighted by Gasteiger charge is -2.35. The van der Waals surface area contributed by atoms with E-state index in [0.29, 0.717) is 16.0 Å². The maximum absolute atomic E-state index is 13.5. The second-order valence-electron chi connectivity index (χ2n) is 8.65. The van der Waals surface area contributed by atoms with Gasteiger partial charge in [0.05, 0.1) is 26.0 Å². The second-order valence-corrected chi connectivity index (χ2v) is 11.5.